The van der Waals surface area contributed by atoms with Crippen molar-refractivity contribution in [1.82, 2.24) is 29.7 Å². The Bertz CT molecular complexity index is 1300. The lowest BCUT2D eigenvalue weighted by Crippen LogP contribution is -2.10. The third-order valence-corrected chi connectivity index (χ3v) is 6.10. The van der Waals surface area contributed by atoms with Crippen LogP contribution in [0.5, 0.6) is 5.75 Å². The molecule has 3 aromatic heterocycles. The SMILES string of the molecule is CC.COc1ccc(Cc2nnc(CCc3c[nH]c4ccccc34)n2CCCc2cnc[nH]2)cc1. The molecule has 7 nitrogen and oxygen atoms in total. The zero-order valence-corrected chi connectivity index (χ0v) is 20.8. The van der Waals surface area contributed by atoms with Gasteiger partial charge in [-0.2, -0.15) is 0 Å². The van der Waals surface area contributed by atoms with Crippen molar-refractivity contribution in [3.05, 3.63) is 95.7 Å². The second-order valence-electron chi connectivity index (χ2n) is 8.25. The van der Waals surface area contributed by atoms with Gasteiger partial charge in [0.1, 0.15) is 17.4 Å². The van der Waals surface area contributed by atoms with Crippen LogP contribution in [0.4, 0.5) is 0 Å². The van der Waals surface area contributed by atoms with Gasteiger partial charge in [-0.05, 0) is 48.6 Å². The number of nitrogens with zero attached hydrogens (tertiary/aromatic N) is 4. The number of rotatable bonds is 10. The first kappa shape index (κ1) is 24.3. The summed E-state index contributed by atoms with van der Waals surface area (Å²) in [7, 11) is 1.69. The number of H-pyrrole nitrogens is 2. The van der Waals surface area contributed by atoms with Crippen LogP contribution in [0.1, 0.15) is 48.7 Å². The number of ether oxygens (including phenoxy) is 1. The molecular weight excluding hydrogens is 436 g/mol. The van der Waals surface area contributed by atoms with E-state index in [1.165, 1.54) is 22.0 Å². The summed E-state index contributed by atoms with van der Waals surface area (Å²) in [4.78, 5) is 10.7. The summed E-state index contributed by atoms with van der Waals surface area (Å²) in [6, 6.07) is 16.6. The Morgan fingerprint density at radius 1 is 0.886 bits per heavy atom. The molecule has 0 saturated heterocycles. The average molecular weight is 471 g/mol. The van der Waals surface area contributed by atoms with E-state index in [2.05, 4.69) is 72.3 Å². The Morgan fingerprint density at radius 3 is 2.46 bits per heavy atom. The summed E-state index contributed by atoms with van der Waals surface area (Å²) >= 11 is 0. The van der Waals surface area contributed by atoms with Gasteiger partial charge in [0.15, 0.2) is 0 Å². The third kappa shape index (κ3) is 5.98. The molecule has 0 aliphatic heterocycles. The van der Waals surface area contributed by atoms with Crippen LogP contribution in [0.3, 0.4) is 0 Å². The highest BCUT2D eigenvalue weighted by molar-refractivity contribution is 5.83. The van der Waals surface area contributed by atoms with E-state index in [0.717, 1.165) is 61.7 Å². The summed E-state index contributed by atoms with van der Waals surface area (Å²) in [5.74, 6) is 2.89. The van der Waals surface area contributed by atoms with Crippen molar-refractivity contribution < 1.29 is 4.74 Å². The molecule has 5 aromatic rings. The summed E-state index contributed by atoms with van der Waals surface area (Å²) in [6.07, 6.45) is 10.2. The monoisotopic (exact) mass is 470 g/mol. The molecule has 7 heteroatoms. The molecule has 0 aliphatic rings. The molecule has 0 bridgehead atoms. The van der Waals surface area contributed by atoms with E-state index in [9.17, 15) is 0 Å². The highest BCUT2D eigenvalue weighted by atomic mass is 16.5. The molecule has 182 valence electrons. The van der Waals surface area contributed by atoms with Gasteiger partial charge in [-0.25, -0.2) is 4.98 Å². The number of aryl methyl sites for hydroxylation is 3. The molecule has 0 radical (unpaired) electrons. The van der Waals surface area contributed by atoms with E-state index >= 15 is 0 Å². The largest absolute Gasteiger partial charge is 0.497 e. The summed E-state index contributed by atoms with van der Waals surface area (Å²) < 4.78 is 7.59. The standard InChI is InChI=1S/C26H28N6O.C2H6/c1-33-22-11-8-19(9-12-22)15-26-31-30-25(32(26)14-4-5-21-17-27-18-29-21)13-10-20-16-28-24-7-3-2-6-23(20)24;1-2/h2-3,6-9,11-12,16-18,28H,4-5,10,13-15H2,1H3,(H,27,29);1-2H3. The van der Waals surface area contributed by atoms with Crippen LogP contribution in [-0.2, 0) is 32.2 Å². The van der Waals surface area contributed by atoms with E-state index in [1.54, 1.807) is 13.4 Å². The maximum Gasteiger partial charge on any atom is 0.137 e. The van der Waals surface area contributed by atoms with Crippen molar-refractivity contribution >= 4 is 10.9 Å². The number of methoxy groups -OCH3 is 1. The van der Waals surface area contributed by atoms with Crippen molar-refractivity contribution in [2.75, 3.05) is 7.11 Å². The minimum absolute atomic E-state index is 0.744. The van der Waals surface area contributed by atoms with E-state index in [1.807, 2.05) is 32.2 Å². The second kappa shape index (κ2) is 12.0. The zero-order chi connectivity index (χ0) is 24.5. The third-order valence-electron chi connectivity index (χ3n) is 6.10. The molecular formula is C28H34N6O. The number of para-hydroxylation sites is 1. The van der Waals surface area contributed by atoms with Crippen molar-refractivity contribution in [2.24, 2.45) is 0 Å². The Balaban J connectivity index is 0.00000141. The van der Waals surface area contributed by atoms with Crippen molar-refractivity contribution in [3.63, 3.8) is 0 Å². The molecule has 0 fully saturated rings. The Morgan fingerprint density at radius 2 is 1.69 bits per heavy atom. The molecule has 3 heterocycles. The van der Waals surface area contributed by atoms with Crippen LogP contribution in [0, 0.1) is 0 Å². The Kier molecular flexibility index (Phi) is 8.33. The van der Waals surface area contributed by atoms with Crippen molar-refractivity contribution in [3.8, 4) is 5.75 Å². The van der Waals surface area contributed by atoms with Crippen LogP contribution in [-0.4, -0.2) is 36.8 Å². The van der Waals surface area contributed by atoms with Gasteiger partial charge in [0.05, 0.1) is 13.4 Å². The van der Waals surface area contributed by atoms with Gasteiger partial charge in [0.2, 0.25) is 0 Å². The predicted molar refractivity (Wildman–Crippen MR) is 140 cm³/mol. The topological polar surface area (TPSA) is 84.4 Å². The van der Waals surface area contributed by atoms with Gasteiger partial charge in [-0.3, -0.25) is 0 Å². The van der Waals surface area contributed by atoms with Gasteiger partial charge < -0.3 is 19.3 Å². The van der Waals surface area contributed by atoms with Crippen molar-refractivity contribution in [2.45, 2.75) is 52.5 Å². The fourth-order valence-electron chi connectivity index (χ4n) is 4.31. The number of nitrogens with one attached hydrogen (secondary N) is 2. The normalized spacial score (nSPS) is 10.8. The van der Waals surface area contributed by atoms with Crippen molar-refractivity contribution in [1.29, 1.82) is 0 Å². The quantitative estimate of drug-likeness (QED) is 0.281. The maximum absolute atomic E-state index is 5.29. The Hall–Kier alpha value is -3.87. The van der Waals surface area contributed by atoms with Crippen LogP contribution < -0.4 is 4.74 Å². The zero-order valence-electron chi connectivity index (χ0n) is 20.8. The Labute approximate surface area is 206 Å². The minimum Gasteiger partial charge on any atom is -0.497 e. The number of aromatic amines is 2. The fraction of sp³-hybridized carbons (Fsp3) is 0.321. The second-order valence-corrected chi connectivity index (χ2v) is 8.25. The average Bonchev–Trinajstić information content (AvgIpc) is 3.66. The molecule has 2 aromatic carbocycles. The number of aromatic nitrogens is 6. The van der Waals surface area contributed by atoms with Crippen LogP contribution >= 0.6 is 0 Å². The van der Waals surface area contributed by atoms with Gasteiger partial charge in [0, 0.05) is 48.4 Å². The molecule has 35 heavy (non-hydrogen) atoms. The van der Waals surface area contributed by atoms with E-state index in [4.69, 9.17) is 4.74 Å². The van der Waals surface area contributed by atoms with Gasteiger partial charge >= 0.3 is 0 Å². The maximum atomic E-state index is 5.29. The highest BCUT2D eigenvalue weighted by Gasteiger charge is 2.14. The molecule has 0 aliphatic carbocycles. The summed E-state index contributed by atoms with van der Waals surface area (Å²) in [5.41, 5.74) is 4.84. The molecule has 0 unspecified atom stereocenters. The van der Waals surface area contributed by atoms with E-state index in [0.29, 0.717) is 0 Å². The molecule has 2 N–H and O–H groups in total. The molecule has 0 spiro atoms. The lowest BCUT2D eigenvalue weighted by molar-refractivity contribution is 0.414. The lowest BCUT2D eigenvalue weighted by Gasteiger charge is -2.11. The first-order chi connectivity index (χ1) is 17.3. The van der Waals surface area contributed by atoms with Crippen LogP contribution in [0.25, 0.3) is 10.9 Å². The molecule has 0 amide bonds. The minimum atomic E-state index is 0.744. The number of hydrogen-bond acceptors (Lipinski definition) is 4. The molecule has 0 saturated carbocycles. The number of imidazole rings is 1. The lowest BCUT2D eigenvalue weighted by atomic mass is 10.1. The summed E-state index contributed by atoms with van der Waals surface area (Å²) in [6.45, 7) is 4.88. The molecule has 5 rings (SSSR count). The first-order valence-electron chi connectivity index (χ1n) is 12.4. The first-order valence-corrected chi connectivity index (χ1v) is 12.4. The summed E-state index contributed by atoms with van der Waals surface area (Å²) in [5, 5.41) is 10.5. The van der Waals surface area contributed by atoms with Gasteiger partial charge in [-0.15, -0.1) is 10.2 Å². The number of benzene rings is 2. The van der Waals surface area contributed by atoms with Gasteiger partial charge in [0.25, 0.3) is 0 Å². The number of fused-ring (bicyclic) bond motifs is 1. The smallest absolute Gasteiger partial charge is 0.137 e. The van der Waals surface area contributed by atoms with Gasteiger partial charge in [-0.1, -0.05) is 44.2 Å². The highest BCUT2D eigenvalue weighted by Crippen LogP contribution is 2.20. The molecule has 0 atom stereocenters. The predicted octanol–water partition coefficient (Wildman–Crippen LogP) is 5.53. The van der Waals surface area contributed by atoms with E-state index in [-0.39, 0.29) is 0 Å². The van der Waals surface area contributed by atoms with Crippen LogP contribution in [0.2, 0.25) is 0 Å². The fourth-order valence-corrected chi connectivity index (χ4v) is 4.31. The number of hydrogen-bond donors (Lipinski definition) is 2. The van der Waals surface area contributed by atoms with Crippen LogP contribution in [0.15, 0.2) is 67.3 Å². The van der Waals surface area contributed by atoms with E-state index < -0.39 is 0 Å².